The first-order chi connectivity index (χ1) is 16.8. The molecule has 1 saturated heterocycles. The molecule has 0 radical (unpaired) electrons. The fourth-order valence-electron chi connectivity index (χ4n) is 4.84. The molecule has 0 spiro atoms. The van der Waals surface area contributed by atoms with Gasteiger partial charge >= 0.3 is 12.3 Å². The number of hydrogen-bond acceptors (Lipinski definition) is 6. The van der Waals surface area contributed by atoms with Crippen LogP contribution in [0.2, 0.25) is 0 Å². The monoisotopic (exact) mass is 536 g/mol. The number of rotatable bonds is 5. The Hall–Kier alpha value is -2.78. The van der Waals surface area contributed by atoms with Crippen LogP contribution in [0, 0.1) is 11.6 Å². The third kappa shape index (κ3) is 4.54. The number of aromatic nitrogens is 2. The third-order valence-corrected chi connectivity index (χ3v) is 8.68. The van der Waals surface area contributed by atoms with E-state index in [2.05, 4.69) is 10.4 Å². The summed E-state index contributed by atoms with van der Waals surface area (Å²) in [6.07, 6.45) is -8.78. The number of hydrogen-bond donors (Lipinski definition) is 2. The van der Waals surface area contributed by atoms with Crippen LogP contribution in [0.25, 0.3) is 0 Å². The van der Waals surface area contributed by atoms with Gasteiger partial charge in [-0.25, -0.2) is 22.0 Å². The first-order valence-electron chi connectivity index (χ1n) is 11.1. The van der Waals surface area contributed by atoms with Crippen molar-refractivity contribution in [2.45, 2.75) is 68.1 Å². The highest BCUT2D eigenvalue weighted by Crippen LogP contribution is 2.43. The number of nitrogens with one attached hydrogen (secondary N) is 1. The van der Waals surface area contributed by atoms with Gasteiger partial charge in [0.05, 0.1) is 17.0 Å². The molecular weight excluding hydrogens is 515 g/mol. The van der Waals surface area contributed by atoms with E-state index in [1.54, 1.807) is 0 Å². The fourth-order valence-corrected chi connectivity index (χ4v) is 6.36. The van der Waals surface area contributed by atoms with Gasteiger partial charge in [0.25, 0.3) is 10.0 Å². The van der Waals surface area contributed by atoms with Gasteiger partial charge in [-0.15, -0.1) is 0 Å². The number of ether oxygens (including phenoxy) is 1. The number of alkyl halides is 3. The van der Waals surface area contributed by atoms with E-state index in [-0.39, 0.29) is 13.1 Å². The molecule has 3 heterocycles. The van der Waals surface area contributed by atoms with Crippen molar-refractivity contribution in [1.29, 1.82) is 0 Å². The zero-order valence-electron chi connectivity index (χ0n) is 18.5. The first kappa shape index (κ1) is 24.9. The molecule has 1 aromatic heterocycles. The van der Waals surface area contributed by atoms with Crippen molar-refractivity contribution in [3.05, 3.63) is 52.9 Å². The van der Waals surface area contributed by atoms with Gasteiger partial charge in [-0.3, -0.25) is 4.90 Å². The molecule has 0 bridgehead atoms. The number of fused-ring (bicyclic) bond motifs is 1. The molecule has 4 atom stereocenters. The predicted molar refractivity (Wildman–Crippen MR) is 112 cm³/mol. The number of carboxylic acid groups (broad SMARTS) is 1. The summed E-state index contributed by atoms with van der Waals surface area (Å²) in [5.41, 5.74) is 0.190. The molecule has 2 aromatic rings. The normalized spacial score (nSPS) is 27.1. The fraction of sp³-hybridized carbons (Fsp3) is 0.524. The van der Waals surface area contributed by atoms with E-state index in [1.165, 1.54) is 11.1 Å². The minimum atomic E-state index is -4.92. The lowest BCUT2D eigenvalue weighted by Crippen LogP contribution is -2.59. The van der Waals surface area contributed by atoms with Crippen LogP contribution in [0.15, 0.2) is 24.4 Å². The molecule has 2 fully saturated rings. The van der Waals surface area contributed by atoms with Crippen LogP contribution < -0.4 is 5.32 Å². The van der Waals surface area contributed by atoms with E-state index < -0.39 is 75.5 Å². The van der Waals surface area contributed by atoms with Crippen LogP contribution in [0.3, 0.4) is 0 Å². The van der Waals surface area contributed by atoms with Crippen molar-refractivity contribution in [3.8, 4) is 0 Å². The summed E-state index contributed by atoms with van der Waals surface area (Å²) >= 11 is 0. The molecule has 15 heteroatoms. The number of carbonyl (C=O) groups is 1. The van der Waals surface area contributed by atoms with Crippen LogP contribution in [0.1, 0.15) is 42.2 Å². The van der Waals surface area contributed by atoms with E-state index in [0.29, 0.717) is 30.2 Å². The van der Waals surface area contributed by atoms with E-state index in [4.69, 9.17) is 4.74 Å². The van der Waals surface area contributed by atoms with Crippen LogP contribution in [0.4, 0.5) is 26.7 Å². The molecule has 1 amide bonds. The van der Waals surface area contributed by atoms with Gasteiger partial charge in [0, 0.05) is 36.5 Å². The van der Waals surface area contributed by atoms with Crippen molar-refractivity contribution >= 4 is 16.1 Å². The lowest BCUT2D eigenvalue weighted by Gasteiger charge is -2.45. The number of halogens is 5. The first-order valence-corrected chi connectivity index (χ1v) is 12.6. The van der Waals surface area contributed by atoms with E-state index in [9.17, 15) is 40.3 Å². The van der Waals surface area contributed by atoms with Crippen LogP contribution in [-0.2, 0) is 27.8 Å². The summed E-state index contributed by atoms with van der Waals surface area (Å²) in [6.45, 7) is -0.198. The lowest BCUT2D eigenvalue weighted by atomic mass is 9.88. The molecule has 36 heavy (non-hydrogen) atoms. The Balaban J connectivity index is 1.44. The summed E-state index contributed by atoms with van der Waals surface area (Å²) in [6, 6.07) is -0.536. The smallest absolute Gasteiger partial charge is 0.416 e. The zero-order chi connectivity index (χ0) is 26.0. The van der Waals surface area contributed by atoms with Crippen molar-refractivity contribution in [3.63, 3.8) is 0 Å². The van der Waals surface area contributed by atoms with Crippen molar-refractivity contribution in [2.75, 3.05) is 0 Å². The SMILES string of the molecule is O=C(O)N[C@H]1C[C@@H](N2Cc3cn(S(=O)(=O)C4CC4)nc3C2)[C@@H](C(F)(F)F)O[C@@H]1c1cc(F)ccc1F. The largest absolute Gasteiger partial charge is 0.465 e. The van der Waals surface area contributed by atoms with Crippen molar-refractivity contribution in [1.82, 2.24) is 19.4 Å². The third-order valence-electron chi connectivity index (χ3n) is 6.66. The number of nitrogens with zero attached hydrogens (tertiary/aromatic N) is 3. The molecule has 3 aliphatic rings. The molecule has 9 nitrogen and oxygen atoms in total. The predicted octanol–water partition coefficient (Wildman–Crippen LogP) is 2.91. The topological polar surface area (TPSA) is 114 Å². The van der Waals surface area contributed by atoms with Gasteiger partial charge in [0.2, 0.25) is 0 Å². The number of amides is 1. The van der Waals surface area contributed by atoms with Crippen LogP contribution >= 0.6 is 0 Å². The zero-order valence-corrected chi connectivity index (χ0v) is 19.3. The van der Waals surface area contributed by atoms with Crippen LogP contribution in [0.5, 0.6) is 0 Å². The summed E-state index contributed by atoms with van der Waals surface area (Å²) < 4.78 is 102. The van der Waals surface area contributed by atoms with Crippen molar-refractivity contribution < 1.29 is 45.0 Å². The highest BCUT2D eigenvalue weighted by atomic mass is 32.2. The Labute approximate surface area is 201 Å². The Morgan fingerprint density at radius 1 is 1.19 bits per heavy atom. The molecule has 196 valence electrons. The maximum Gasteiger partial charge on any atom is 0.416 e. The van der Waals surface area contributed by atoms with Gasteiger partial charge in [-0.2, -0.15) is 22.4 Å². The van der Waals surface area contributed by atoms with Gasteiger partial charge in [-0.05, 0) is 37.5 Å². The maximum atomic E-state index is 14.4. The summed E-state index contributed by atoms with van der Waals surface area (Å²) in [5, 5.41) is 14.9. The lowest BCUT2D eigenvalue weighted by molar-refractivity contribution is -0.270. The van der Waals surface area contributed by atoms with Gasteiger partial charge < -0.3 is 15.2 Å². The standard InChI is InChI=1S/C21H21F5N4O5S/c22-11-1-4-14(23)13(5-11)18-15(27-20(31)32)6-17(19(35-18)21(24,25)26)29-7-10-8-30(28-16(10)9-29)36(33,34)12-2-3-12/h1,4-5,8,12,15,17-19,27H,2-3,6-7,9H2,(H,31,32)/t15-,17+,18+,19-/m0/s1. The van der Waals surface area contributed by atoms with Gasteiger partial charge in [0.15, 0.2) is 6.10 Å². The highest BCUT2D eigenvalue weighted by Gasteiger charge is 2.55. The molecule has 1 aromatic carbocycles. The number of benzene rings is 1. The molecule has 0 unspecified atom stereocenters. The Morgan fingerprint density at radius 2 is 1.92 bits per heavy atom. The Morgan fingerprint density at radius 3 is 2.53 bits per heavy atom. The second kappa shape index (κ2) is 8.66. The van der Waals surface area contributed by atoms with Gasteiger partial charge in [0.1, 0.15) is 17.7 Å². The molecule has 1 aliphatic carbocycles. The second-order valence-electron chi connectivity index (χ2n) is 9.17. The molecule has 1 saturated carbocycles. The summed E-state index contributed by atoms with van der Waals surface area (Å²) in [7, 11) is -3.65. The Bertz CT molecular complexity index is 1270. The molecule has 2 N–H and O–H groups in total. The summed E-state index contributed by atoms with van der Waals surface area (Å²) in [5.74, 6) is -1.96. The Kier molecular flexibility index (Phi) is 5.99. The average molecular weight is 536 g/mol. The van der Waals surface area contributed by atoms with E-state index in [1.807, 2.05) is 0 Å². The maximum absolute atomic E-state index is 14.4. The molecule has 5 rings (SSSR count). The second-order valence-corrected chi connectivity index (χ2v) is 11.2. The van der Waals surface area contributed by atoms with E-state index >= 15 is 0 Å². The minimum Gasteiger partial charge on any atom is -0.465 e. The quantitative estimate of drug-likeness (QED) is 0.565. The minimum absolute atomic E-state index is 0.0745. The summed E-state index contributed by atoms with van der Waals surface area (Å²) in [4.78, 5) is 12.8. The van der Waals surface area contributed by atoms with Crippen LogP contribution in [-0.4, -0.2) is 63.3 Å². The molecule has 2 aliphatic heterocycles. The average Bonchev–Trinajstić information content (AvgIpc) is 3.45. The highest BCUT2D eigenvalue weighted by molar-refractivity contribution is 7.90. The molecular formula is C21H21F5N4O5S. The van der Waals surface area contributed by atoms with Crippen molar-refractivity contribution in [2.24, 2.45) is 0 Å². The van der Waals surface area contributed by atoms with Gasteiger partial charge in [-0.1, -0.05) is 0 Å². The van der Waals surface area contributed by atoms with E-state index in [0.717, 1.165) is 16.2 Å².